The van der Waals surface area contributed by atoms with Crippen LogP contribution in [0.5, 0.6) is 0 Å². The van der Waals surface area contributed by atoms with Crippen molar-refractivity contribution in [2.45, 2.75) is 12.8 Å². The number of aliphatic hydroxyl groups excluding tert-OH is 1. The normalized spacial score (nSPS) is 19.7. The zero-order valence-electron chi connectivity index (χ0n) is 9.86. The zero-order valence-corrected chi connectivity index (χ0v) is 11.4. The summed E-state index contributed by atoms with van der Waals surface area (Å²) in [6.07, 6.45) is 3.76. The Bertz CT molecular complexity index is 388. The van der Waals surface area contributed by atoms with Crippen LogP contribution in [0.15, 0.2) is 10.7 Å². The minimum atomic E-state index is 0.269. The molecule has 1 aliphatic rings. The van der Waals surface area contributed by atoms with E-state index in [0.717, 1.165) is 36.2 Å². The standard InChI is InChI=1S/C11H17BrN4O/c1-13-11-14-6-9(12)10(15-11)16-4-2-8(7-16)3-5-17/h6,8,17H,2-5,7H2,1H3,(H,13,14,15). The lowest BCUT2D eigenvalue weighted by Gasteiger charge is -2.19. The summed E-state index contributed by atoms with van der Waals surface area (Å²) in [4.78, 5) is 10.9. The van der Waals surface area contributed by atoms with E-state index in [-0.39, 0.29) is 6.61 Å². The quantitative estimate of drug-likeness (QED) is 0.882. The van der Waals surface area contributed by atoms with Crippen LogP contribution >= 0.6 is 15.9 Å². The topological polar surface area (TPSA) is 61.3 Å². The van der Waals surface area contributed by atoms with Gasteiger partial charge in [0.25, 0.3) is 0 Å². The molecule has 1 aromatic heterocycles. The van der Waals surface area contributed by atoms with E-state index in [9.17, 15) is 0 Å². The molecule has 5 nitrogen and oxygen atoms in total. The molecular weight excluding hydrogens is 284 g/mol. The van der Waals surface area contributed by atoms with Crippen LogP contribution in [0.25, 0.3) is 0 Å². The summed E-state index contributed by atoms with van der Waals surface area (Å²) in [7, 11) is 1.81. The first-order valence-corrected chi connectivity index (χ1v) is 6.60. The van der Waals surface area contributed by atoms with Crippen LogP contribution in [0.1, 0.15) is 12.8 Å². The Kier molecular flexibility index (Phi) is 4.17. The molecule has 2 heterocycles. The van der Waals surface area contributed by atoms with E-state index in [0.29, 0.717) is 11.9 Å². The molecule has 0 radical (unpaired) electrons. The molecule has 1 fully saturated rings. The largest absolute Gasteiger partial charge is 0.396 e. The molecule has 1 unspecified atom stereocenters. The van der Waals surface area contributed by atoms with Gasteiger partial charge in [-0.05, 0) is 34.7 Å². The summed E-state index contributed by atoms with van der Waals surface area (Å²) < 4.78 is 0.918. The predicted molar refractivity (Wildman–Crippen MR) is 71.3 cm³/mol. The third kappa shape index (κ3) is 2.87. The van der Waals surface area contributed by atoms with Crippen LogP contribution in [0, 0.1) is 5.92 Å². The summed E-state index contributed by atoms with van der Waals surface area (Å²) in [6.45, 7) is 2.22. The van der Waals surface area contributed by atoms with E-state index < -0.39 is 0 Å². The highest BCUT2D eigenvalue weighted by molar-refractivity contribution is 9.10. The summed E-state index contributed by atoms with van der Waals surface area (Å²) in [6, 6.07) is 0. The predicted octanol–water partition coefficient (Wildman–Crippen LogP) is 1.49. The number of anilines is 2. The second kappa shape index (κ2) is 5.64. The molecule has 17 heavy (non-hydrogen) atoms. The van der Waals surface area contributed by atoms with E-state index in [1.54, 1.807) is 6.20 Å². The first-order valence-electron chi connectivity index (χ1n) is 5.80. The summed E-state index contributed by atoms with van der Waals surface area (Å²) in [5.74, 6) is 2.14. The first-order chi connectivity index (χ1) is 8.24. The van der Waals surface area contributed by atoms with Crippen molar-refractivity contribution in [3.63, 3.8) is 0 Å². The van der Waals surface area contributed by atoms with Crippen molar-refractivity contribution in [2.75, 3.05) is 37.0 Å². The van der Waals surface area contributed by atoms with Crippen LogP contribution in [0.4, 0.5) is 11.8 Å². The molecule has 6 heteroatoms. The van der Waals surface area contributed by atoms with Gasteiger partial charge >= 0.3 is 0 Å². The monoisotopic (exact) mass is 300 g/mol. The van der Waals surface area contributed by atoms with Crippen molar-refractivity contribution < 1.29 is 5.11 Å². The van der Waals surface area contributed by atoms with E-state index >= 15 is 0 Å². The van der Waals surface area contributed by atoms with Crippen molar-refractivity contribution in [2.24, 2.45) is 5.92 Å². The van der Waals surface area contributed by atoms with Crippen LogP contribution < -0.4 is 10.2 Å². The highest BCUT2D eigenvalue weighted by Crippen LogP contribution is 2.30. The fourth-order valence-corrected chi connectivity index (χ4v) is 2.59. The molecule has 0 amide bonds. The SMILES string of the molecule is CNc1ncc(Br)c(N2CCC(CCO)C2)n1. The lowest BCUT2D eigenvalue weighted by molar-refractivity contribution is 0.263. The molecule has 2 rings (SSSR count). The molecule has 0 spiro atoms. The molecule has 94 valence electrons. The van der Waals surface area contributed by atoms with Gasteiger partial charge in [0.15, 0.2) is 0 Å². The molecule has 1 aliphatic heterocycles. The Morgan fingerprint density at radius 3 is 3.18 bits per heavy atom. The van der Waals surface area contributed by atoms with Crippen LogP contribution in [-0.2, 0) is 0 Å². The molecule has 1 aromatic rings. The van der Waals surface area contributed by atoms with Gasteiger partial charge in [0.2, 0.25) is 5.95 Å². The van der Waals surface area contributed by atoms with Crippen LogP contribution in [0.3, 0.4) is 0 Å². The van der Waals surface area contributed by atoms with Crippen molar-refractivity contribution in [1.29, 1.82) is 0 Å². The number of hydrogen-bond acceptors (Lipinski definition) is 5. The first kappa shape index (κ1) is 12.6. The van der Waals surface area contributed by atoms with Crippen molar-refractivity contribution >= 4 is 27.7 Å². The minimum absolute atomic E-state index is 0.269. The molecule has 0 aromatic carbocycles. The van der Waals surface area contributed by atoms with E-state index in [1.165, 1.54) is 0 Å². The number of nitrogens with zero attached hydrogens (tertiary/aromatic N) is 3. The Morgan fingerprint density at radius 2 is 2.47 bits per heavy atom. The van der Waals surface area contributed by atoms with Gasteiger partial charge in [-0.15, -0.1) is 0 Å². The molecule has 0 bridgehead atoms. The highest BCUT2D eigenvalue weighted by Gasteiger charge is 2.24. The second-order valence-corrected chi connectivity index (χ2v) is 5.08. The highest BCUT2D eigenvalue weighted by atomic mass is 79.9. The van der Waals surface area contributed by atoms with E-state index in [1.807, 2.05) is 7.05 Å². The Morgan fingerprint density at radius 1 is 1.65 bits per heavy atom. The van der Waals surface area contributed by atoms with Crippen molar-refractivity contribution in [1.82, 2.24) is 9.97 Å². The molecular formula is C11H17BrN4O. The van der Waals surface area contributed by atoms with Crippen LogP contribution in [-0.4, -0.2) is 41.8 Å². The average molecular weight is 301 g/mol. The van der Waals surface area contributed by atoms with Gasteiger partial charge in [0.05, 0.1) is 4.47 Å². The number of nitrogens with one attached hydrogen (secondary N) is 1. The maximum atomic E-state index is 8.96. The Hall–Kier alpha value is -0.880. The van der Waals surface area contributed by atoms with Gasteiger partial charge in [-0.2, -0.15) is 4.98 Å². The number of rotatable bonds is 4. The summed E-state index contributed by atoms with van der Waals surface area (Å²) in [5.41, 5.74) is 0. The summed E-state index contributed by atoms with van der Waals surface area (Å²) in [5, 5.41) is 11.9. The third-order valence-corrected chi connectivity index (χ3v) is 3.63. The number of aromatic nitrogens is 2. The van der Waals surface area contributed by atoms with Gasteiger partial charge < -0.3 is 15.3 Å². The van der Waals surface area contributed by atoms with Crippen molar-refractivity contribution in [3.05, 3.63) is 10.7 Å². The van der Waals surface area contributed by atoms with E-state index in [2.05, 4.69) is 36.1 Å². The van der Waals surface area contributed by atoms with Gasteiger partial charge in [-0.25, -0.2) is 4.98 Å². The lowest BCUT2D eigenvalue weighted by atomic mass is 10.1. The molecule has 2 N–H and O–H groups in total. The smallest absolute Gasteiger partial charge is 0.224 e. The van der Waals surface area contributed by atoms with Crippen LogP contribution in [0.2, 0.25) is 0 Å². The fourth-order valence-electron chi connectivity index (χ4n) is 2.14. The van der Waals surface area contributed by atoms with Crippen molar-refractivity contribution in [3.8, 4) is 0 Å². The maximum absolute atomic E-state index is 8.96. The third-order valence-electron chi connectivity index (χ3n) is 3.07. The molecule has 1 atom stereocenters. The molecule has 0 saturated carbocycles. The Balaban J connectivity index is 2.12. The summed E-state index contributed by atoms with van der Waals surface area (Å²) >= 11 is 3.48. The second-order valence-electron chi connectivity index (χ2n) is 4.23. The van der Waals surface area contributed by atoms with Gasteiger partial charge in [0.1, 0.15) is 5.82 Å². The maximum Gasteiger partial charge on any atom is 0.224 e. The minimum Gasteiger partial charge on any atom is -0.396 e. The van der Waals surface area contributed by atoms with Gasteiger partial charge in [-0.1, -0.05) is 0 Å². The Labute approximate surface area is 109 Å². The zero-order chi connectivity index (χ0) is 12.3. The van der Waals surface area contributed by atoms with Gasteiger partial charge in [-0.3, -0.25) is 0 Å². The number of hydrogen-bond donors (Lipinski definition) is 2. The lowest BCUT2D eigenvalue weighted by Crippen LogP contribution is -2.22. The molecule has 1 saturated heterocycles. The van der Waals surface area contributed by atoms with Gasteiger partial charge in [0, 0.05) is 32.9 Å². The number of halogens is 1. The molecule has 0 aliphatic carbocycles. The number of aliphatic hydroxyl groups is 1. The average Bonchev–Trinajstić information content (AvgIpc) is 2.79. The fraction of sp³-hybridized carbons (Fsp3) is 0.636. The van der Waals surface area contributed by atoms with E-state index in [4.69, 9.17) is 5.11 Å².